The molecular weight excluding hydrogens is 348 g/mol. The second-order valence-corrected chi connectivity index (χ2v) is 6.60. The number of aromatic hydroxyl groups is 1. The van der Waals surface area contributed by atoms with Crippen LogP contribution in [-0.2, 0) is 6.54 Å². The summed E-state index contributed by atoms with van der Waals surface area (Å²) in [6.07, 6.45) is 3.97. The summed E-state index contributed by atoms with van der Waals surface area (Å²) >= 11 is 0. The molecule has 0 spiro atoms. The highest BCUT2D eigenvalue weighted by molar-refractivity contribution is 5.82. The van der Waals surface area contributed by atoms with Crippen molar-refractivity contribution in [3.63, 3.8) is 0 Å². The first-order valence-electron chi connectivity index (χ1n) is 9.16. The van der Waals surface area contributed by atoms with Crippen molar-refractivity contribution in [1.82, 2.24) is 9.55 Å². The standard InChI is InChI=1S/C15H13NO.C9H9NO/c17-14-6-7-15-13(10-14)8-9-16(15)11-12-4-2-1-3-5-12;1-11-8-2-3-9-7(6-8)4-5-10-9/h1-10,17H,11H2;2-6,10H,1H3. The van der Waals surface area contributed by atoms with Crippen LogP contribution >= 0.6 is 0 Å². The molecule has 3 aromatic carbocycles. The number of hydrogen-bond acceptors (Lipinski definition) is 2. The first-order valence-corrected chi connectivity index (χ1v) is 9.16. The lowest BCUT2D eigenvalue weighted by Gasteiger charge is -2.05. The fourth-order valence-electron chi connectivity index (χ4n) is 3.26. The predicted molar refractivity (Wildman–Crippen MR) is 114 cm³/mol. The first-order chi connectivity index (χ1) is 13.7. The highest BCUT2D eigenvalue weighted by atomic mass is 16.5. The van der Waals surface area contributed by atoms with Crippen LogP contribution < -0.4 is 4.74 Å². The van der Waals surface area contributed by atoms with E-state index in [9.17, 15) is 5.11 Å². The van der Waals surface area contributed by atoms with E-state index in [0.29, 0.717) is 5.75 Å². The SMILES string of the molecule is COc1ccc2[nH]ccc2c1.Oc1ccc2c(ccn2Cc2ccccc2)c1. The van der Waals surface area contributed by atoms with Crippen molar-refractivity contribution in [2.45, 2.75) is 6.54 Å². The predicted octanol–water partition coefficient (Wildman–Crippen LogP) is 5.57. The molecule has 0 aliphatic heterocycles. The van der Waals surface area contributed by atoms with Gasteiger partial charge in [-0.25, -0.2) is 0 Å². The average Bonchev–Trinajstić information content (AvgIpc) is 3.35. The van der Waals surface area contributed by atoms with Gasteiger partial charge in [0.05, 0.1) is 7.11 Å². The minimum Gasteiger partial charge on any atom is -0.508 e. The number of H-pyrrole nitrogens is 1. The van der Waals surface area contributed by atoms with Crippen LogP contribution in [0.4, 0.5) is 0 Å². The Balaban J connectivity index is 0.000000151. The van der Waals surface area contributed by atoms with Gasteiger partial charge >= 0.3 is 0 Å². The summed E-state index contributed by atoms with van der Waals surface area (Å²) in [5.74, 6) is 1.21. The molecule has 4 heteroatoms. The van der Waals surface area contributed by atoms with Crippen LogP contribution in [0.2, 0.25) is 0 Å². The van der Waals surface area contributed by atoms with Crippen LogP contribution in [0.5, 0.6) is 11.5 Å². The second kappa shape index (κ2) is 7.92. The molecule has 0 fully saturated rings. The number of aromatic amines is 1. The fourth-order valence-corrected chi connectivity index (χ4v) is 3.26. The van der Waals surface area contributed by atoms with Gasteiger partial charge in [0, 0.05) is 40.7 Å². The molecule has 0 aliphatic rings. The van der Waals surface area contributed by atoms with Crippen molar-refractivity contribution in [2.75, 3.05) is 7.11 Å². The third-order valence-corrected chi connectivity index (χ3v) is 4.71. The summed E-state index contributed by atoms with van der Waals surface area (Å²) in [5, 5.41) is 11.7. The number of benzene rings is 3. The van der Waals surface area contributed by atoms with Gasteiger partial charge in [0.1, 0.15) is 11.5 Å². The second-order valence-electron chi connectivity index (χ2n) is 6.60. The maximum absolute atomic E-state index is 9.42. The monoisotopic (exact) mass is 370 g/mol. The van der Waals surface area contributed by atoms with Crippen molar-refractivity contribution in [2.24, 2.45) is 0 Å². The molecule has 2 heterocycles. The summed E-state index contributed by atoms with van der Waals surface area (Å²) in [6, 6.07) is 25.8. The van der Waals surface area contributed by atoms with Gasteiger partial charge in [0.15, 0.2) is 0 Å². The van der Waals surface area contributed by atoms with E-state index < -0.39 is 0 Å². The van der Waals surface area contributed by atoms with Crippen LogP contribution in [0, 0.1) is 0 Å². The molecule has 0 unspecified atom stereocenters. The number of methoxy groups -OCH3 is 1. The van der Waals surface area contributed by atoms with E-state index in [1.54, 1.807) is 19.2 Å². The van der Waals surface area contributed by atoms with Gasteiger partial charge in [-0.2, -0.15) is 0 Å². The van der Waals surface area contributed by atoms with E-state index in [2.05, 4.69) is 27.9 Å². The third kappa shape index (κ3) is 3.86. The van der Waals surface area contributed by atoms with Gasteiger partial charge in [0.25, 0.3) is 0 Å². The lowest BCUT2D eigenvalue weighted by atomic mass is 10.2. The molecule has 0 bridgehead atoms. The van der Waals surface area contributed by atoms with Crippen LogP contribution in [0.3, 0.4) is 0 Å². The van der Waals surface area contributed by atoms with Crippen LogP contribution in [0.25, 0.3) is 21.8 Å². The maximum atomic E-state index is 9.42. The highest BCUT2D eigenvalue weighted by Gasteiger charge is 2.02. The Morgan fingerprint density at radius 1 is 0.893 bits per heavy atom. The number of phenolic OH excluding ortho intramolecular Hbond substituents is 1. The number of fused-ring (bicyclic) bond motifs is 2. The van der Waals surface area contributed by atoms with Crippen LogP contribution in [0.15, 0.2) is 91.3 Å². The molecule has 0 saturated heterocycles. The lowest BCUT2D eigenvalue weighted by Crippen LogP contribution is -1.96. The molecule has 0 amide bonds. The molecular formula is C24H22N2O2. The van der Waals surface area contributed by atoms with Gasteiger partial charge in [-0.1, -0.05) is 30.3 Å². The van der Waals surface area contributed by atoms with Crippen LogP contribution in [0.1, 0.15) is 5.56 Å². The van der Waals surface area contributed by atoms with Crippen molar-refractivity contribution >= 4 is 21.8 Å². The lowest BCUT2D eigenvalue weighted by molar-refractivity contribution is 0.415. The zero-order valence-electron chi connectivity index (χ0n) is 15.7. The Bertz CT molecular complexity index is 1190. The summed E-state index contributed by atoms with van der Waals surface area (Å²) in [7, 11) is 1.67. The van der Waals surface area contributed by atoms with Crippen molar-refractivity contribution in [3.8, 4) is 11.5 Å². The van der Waals surface area contributed by atoms with Crippen molar-refractivity contribution in [3.05, 3.63) is 96.8 Å². The Morgan fingerprint density at radius 3 is 2.57 bits per heavy atom. The zero-order chi connectivity index (χ0) is 19.3. The zero-order valence-corrected chi connectivity index (χ0v) is 15.7. The van der Waals surface area contributed by atoms with E-state index in [1.807, 2.05) is 60.8 Å². The molecule has 0 radical (unpaired) electrons. The Kier molecular flexibility index (Phi) is 5.02. The number of hydrogen-bond donors (Lipinski definition) is 2. The maximum Gasteiger partial charge on any atom is 0.119 e. The fraction of sp³-hybridized carbons (Fsp3) is 0.0833. The minimum absolute atomic E-state index is 0.315. The molecule has 28 heavy (non-hydrogen) atoms. The molecule has 0 atom stereocenters. The number of rotatable bonds is 3. The van der Waals surface area contributed by atoms with Gasteiger partial charge in [-0.15, -0.1) is 0 Å². The average molecular weight is 370 g/mol. The summed E-state index contributed by atoms with van der Waals surface area (Å²) < 4.78 is 7.26. The van der Waals surface area contributed by atoms with Gasteiger partial charge in [0.2, 0.25) is 0 Å². The molecule has 4 nitrogen and oxygen atoms in total. The van der Waals surface area contributed by atoms with E-state index in [1.165, 1.54) is 10.9 Å². The molecule has 0 saturated carbocycles. The summed E-state index contributed by atoms with van der Waals surface area (Å²) in [5.41, 5.74) is 3.57. The van der Waals surface area contributed by atoms with E-state index in [4.69, 9.17) is 4.74 Å². The van der Waals surface area contributed by atoms with E-state index in [0.717, 1.165) is 28.7 Å². The summed E-state index contributed by atoms with van der Waals surface area (Å²) in [4.78, 5) is 3.12. The molecule has 2 aromatic heterocycles. The molecule has 0 aliphatic carbocycles. The Hall–Kier alpha value is -3.66. The normalized spacial score (nSPS) is 10.6. The van der Waals surface area contributed by atoms with Crippen molar-refractivity contribution < 1.29 is 9.84 Å². The van der Waals surface area contributed by atoms with Crippen molar-refractivity contribution in [1.29, 1.82) is 0 Å². The van der Waals surface area contributed by atoms with E-state index in [-0.39, 0.29) is 0 Å². The Labute approximate surface area is 163 Å². The number of aromatic nitrogens is 2. The highest BCUT2D eigenvalue weighted by Crippen LogP contribution is 2.22. The smallest absolute Gasteiger partial charge is 0.119 e. The number of nitrogens with one attached hydrogen (secondary N) is 1. The molecule has 5 rings (SSSR count). The van der Waals surface area contributed by atoms with Gasteiger partial charge in [-0.3, -0.25) is 0 Å². The largest absolute Gasteiger partial charge is 0.508 e. The van der Waals surface area contributed by atoms with Gasteiger partial charge < -0.3 is 19.4 Å². The Morgan fingerprint density at radius 2 is 1.75 bits per heavy atom. The summed E-state index contributed by atoms with van der Waals surface area (Å²) in [6.45, 7) is 0.856. The number of nitrogens with zero attached hydrogens (tertiary/aromatic N) is 1. The first kappa shape index (κ1) is 17.7. The minimum atomic E-state index is 0.315. The van der Waals surface area contributed by atoms with Crippen LogP contribution in [-0.4, -0.2) is 21.8 Å². The molecule has 5 aromatic rings. The number of ether oxygens (including phenoxy) is 1. The quantitative estimate of drug-likeness (QED) is 0.436. The van der Waals surface area contributed by atoms with E-state index >= 15 is 0 Å². The number of phenols is 1. The molecule has 2 N–H and O–H groups in total. The topological polar surface area (TPSA) is 50.2 Å². The van der Waals surface area contributed by atoms with Gasteiger partial charge in [-0.05, 0) is 54.1 Å². The molecule has 140 valence electrons. The third-order valence-electron chi connectivity index (χ3n) is 4.71.